The Balaban J connectivity index is 2.37. The number of ether oxygens (including phenoxy) is 1. The molecule has 1 heterocycles. The van der Waals surface area contributed by atoms with Crippen molar-refractivity contribution >= 4 is 17.3 Å². The van der Waals surface area contributed by atoms with Crippen molar-refractivity contribution in [3.63, 3.8) is 0 Å². The van der Waals surface area contributed by atoms with Gasteiger partial charge in [-0.3, -0.25) is 4.79 Å². The molecule has 1 aromatic rings. The topological polar surface area (TPSA) is 67.6 Å². The molecule has 0 bridgehead atoms. The van der Waals surface area contributed by atoms with E-state index < -0.39 is 0 Å². The number of nitrogens with one attached hydrogen (secondary N) is 1. The van der Waals surface area contributed by atoms with E-state index in [4.69, 9.17) is 10.5 Å². The van der Waals surface area contributed by atoms with E-state index in [1.165, 1.54) is 0 Å². The van der Waals surface area contributed by atoms with Gasteiger partial charge < -0.3 is 20.7 Å². The van der Waals surface area contributed by atoms with Crippen LogP contribution in [0, 0.1) is 0 Å². The third kappa shape index (κ3) is 3.67. The fourth-order valence-corrected chi connectivity index (χ4v) is 2.90. The number of carbonyl (C=O) groups excluding carboxylic acids is 1. The Hall–Kier alpha value is -1.75. The second-order valence-electron chi connectivity index (χ2n) is 6.20. The number of anilines is 2. The lowest BCUT2D eigenvalue weighted by Crippen LogP contribution is -2.52. The van der Waals surface area contributed by atoms with E-state index in [1.807, 2.05) is 19.9 Å². The Bertz CT molecular complexity index is 528. The van der Waals surface area contributed by atoms with Gasteiger partial charge in [-0.2, -0.15) is 0 Å². The first-order valence-corrected chi connectivity index (χ1v) is 7.43. The third-order valence-corrected chi connectivity index (χ3v) is 3.51. The molecular formula is C16H25N3O2. The van der Waals surface area contributed by atoms with Gasteiger partial charge in [0.1, 0.15) is 0 Å². The average Bonchev–Trinajstić information content (AvgIpc) is 2.36. The Morgan fingerprint density at radius 2 is 2.24 bits per heavy atom. The number of benzene rings is 1. The molecule has 116 valence electrons. The number of carbonyl (C=O) groups is 1. The van der Waals surface area contributed by atoms with Gasteiger partial charge in [0, 0.05) is 25.3 Å². The predicted molar refractivity (Wildman–Crippen MR) is 85.7 cm³/mol. The van der Waals surface area contributed by atoms with Crippen molar-refractivity contribution in [3.8, 4) is 0 Å². The molecule has 0 aliphatic carbocycles. The van der Waals surface area contributed by atoms with E-state index in [2.05, 4.69) is 24.1 Å². The lowest BCUT2D eigenvalue weighted by Gasteiger charge is -2.43. The van der Waals surface area contributed by atoms with E-state index in [-0.39, 0.29) is 17.6 Å². The zero-order chi connectivity index (χ0) is 15.6. The van der Waals surface area contributed by atoms with Gasteiger partial charge in [0.15, 0.2) is 0 Å². The van der Waals surface area contributed by atoms with Gasteiger partial charge in [-0.25, -0.2) is 0 Å². The van der Waals surface area contributed by atoms with Crippen molar-refractivity contribution < 1.29 is 9.53 Å². The Labute approximate surface area is 126 Å². The summed E-state index contributed by atoms with van der Waals surface area (Å²) in [4.78, 5) is 14.4. The van der Waals surface area contributed by atoms with Gasteiger partial charge in [0.25, 0.3) is 5.91 Å². The normalized spacial score (nSPS) is 21.1. The van der Waals surface area contributed by atoms with Crippen LogP contribution in [0.3, 0.4) is 0 Å². The molecule has 0 radical (unpaired) electrons. The van der Waals surface area contributed by atoms with E-state index >= 15 is 0 Å². The Morgan fingerprint density at radius 1 is 1.52 bits per heavy atom. The summed E-state index contributed by atoms with van der Waals surface area (Å²) in [5.41, 5.74) is 7.88. The van der Waals surface area contributed by atoms with Crippen molar-refractivity contribution in [3.05, 3.63) is 23.8 Å². The SMILES string of the molecule is CCNC(=O)c1ccc(N)cc1N1CC(C)OC(C)(C)C1. The minimum atomic E-state index is -0.249. The number of rotatable bonds is 3. The van der Waals surface area contributed by atoms with E-state index in [9.17, 15) is 4.79 Å². The number of morpholine rings is 1. The van der Waals surface area contributed by atoms with Crippen molar-refractivity contribution in [2.45, 2.75) is 39.4 Å². The van der Waals surface area contributed by atoms with Crippen LogP contribution in [-0.2, 0) is 4.74 Å². The first-order chi connectivity index (χ1) is 9.82. The van der Waals surface area contributed by atoms with E-state index in [0.29, 0.717) is 17.8 Å². The molecule has 1 atom stereocenters. The minimum absolute atomic E-state index is 0.0653. The molecule has 5 nitrogen and oxygen atoms in total. The molecule has 0 saturated carbocycles. The smallest absolute Gasteiger partial charge is 0.253 e. The molecule has 3 N–H and O–H groups in total. The number of nitrogen functional groups attached to an aromatic ring is 1. The lowest BCUT2D eigenvalue weighted by molar-refractivity contribution is -0.0750. The number of hydrogen-bond acceptors (Lipinski definition) is 4. The van der Waals surface area contributed by atoms with Crippen molar-refractivity contribution in [1.29, 1.82) is 0 Å². The highest BCUT2D eigenvalue weighted by atomic mass is 16.5. The molecule has 1 saturated heterocycles. The lowest BCUT2D eigenvalue weighted by atomic mass is 10.0. The fraction of sp³-hybridized carbons (Fsp3) is 0.562. The average molecular weight is 291 g/mol. The van der Waals surface area contributed by atoms with Crippen LogP contribution in [0.15, 0.2) is 18.2 Å². The van der Waals surface area contributed by atoms with Crippen LogP contribution in [0.2, 0.25) is 0 Å². The molecule has 2 rings (SSSR count). The second kappa shape index (κ2) is 5.93. The van der Waals surface area contributed by atoms with Crippen molar-refractivity contribution in [1.82, 2.24) is 5.32 Å². The molecular weight excluding hydrogens is 266 g/mol. The standard InChI is InChI=1S/C16H25N3O2/c1-5-18-15(20)13-7-6-12(17)8-14(13)19-9-11(2)21-16(3,4)10-19/h6-8,11H,5,9-10,17H2,1-4H3,(H,18,20). The minimum Gasteiger partial charge on any atom is -0.399 e. The van der Waals surface area contributed by atoms with Gasteiger partial charge in [0.2, 0.25) is 0 Å². The van der Waals surface area contributed by atoms with Crippen LogP contribution in [0.1, 0.15) is 38.1 Å². The highest BCUT2D eigenvalue weighted by Gasteiger charge is 2.32. The maximum Gasteiger partial charge on any atom is 0.253 e. The summed E-state index contributed by atoms with van der Waals surface area (Å²) < 4.78 is 5.93. The van der Waals surface area contributed by atoms with E-state index in [1.54, 1.807) is 12.1 Å². The van der Waals surface area contributed by atoms with Gasteiger partial charge in [-0.05, 0) is 45.9 Å². The van der Waals surface area contributed by atoms with Crippen molar-refractivity contribution in [2.24, 2.45) is 0 Å². The molecule has 1 aromatic carbocycles. The van der Waals surface area contributed by atoms with Gasteiger partial charge in [0.05, 0.1) is 23.0 Å². The summed E-state index contributed by atoms with van der Waals surface area (Å²) in [5, 5.41) is 2.86. The molecule has 1 fully saturated rings. The van der Waals surface area contributed by atoms with Crippen LogP contribution in [0.4, 0.5) is 11.4 Å². The summed E-state index contributed by atoms with van der Waals surface area (Å²) in [6.45, 7) is 10.2. The van der Waals surface area contributed by atoms with Crippen LogP contribution in [-0.4, -0.2) is 37.2 Å². The monoisotopic (exact) mass is 291 g/mol. The number of nitrogens with two attached hydrogens (primary N) is 1. The molecule has 0 aromatic heterocycles. The predicted octanol–water partition coefficient (Wildman–Crippen LogP) is 2.02. The van der Waals surface area contributed by atoms with Crippen LogP contribution >= 0.6 is 0 Å². The summed E-state index contributed by atoms with van der Waals surface area (Å²) in [7, 11) is 0. The summed E-state index contributed by atoms with van der Waals surface area (Å²) in [6.07, 6.45) is 0.109. The Morgan fingerprint density at radius 3 is 2.86 bits per heavy atom. The summed E-state index contributed by atoms with van der Waals surface area (Å²) >= 11 is 0. The highest BCUT2D eigenvalue weighted by Crippen LogP contribution is 2.30. The second-order valence-corrected chi connectivity index (χ2v) is 6.20. The summed E-state index contributed by atoms with van der Waals surface area (Å²) in [6, 6.07) is 5.44. The molecule has 0 spiro atoms. The number of nitrogens with zero attached hydrogens (tertiary/aromatic N) is 1. The van der Waals surface area contributed by atoms with Gasteiger partial charge >= 0.3 is 0 Å². The molecule has 21 heavy (non-hydrogen) atoms. The highest BCUT2D eigenvalue weighted by molar-refractivity contribution is 6.00. The summed E-state index contributed by atoms with van der Waals surface area (Å²) in [5.74, 6) is -0.0653. The van der Waals surface area contributed by atoms with Crippen molar-refractivity contribution in [2.75, 3.05) is 30.3 Å². The number of hydrogen-bond donors (Lipinski definition) is 2. The van der Waals surface area contributed by atoms with Gasteiger partial charge in [-0.15, -0.1) is 0 Å². The molecule has 1 aliphatic rings. The molecule has 1 aliphatic heterocycles. The fourth-order valence-electron chi connectivity index (χ4n) is 2.90. The first-order valence-electron chi connectivity index (χ1n) is 7.43. The quantitative estimate of drug-likeness (QED) is 0.836. The molecule has 5 heteroatoms. The van der Waals surface area contributed by atoms with Gasteiger partial charge in [-0.1, -0.05) is 0 Å². The molecule has 1 amide bonds. The third-order valence-electron chi connectivity index (χ3n) is 3.51. The zero-order valence-corrected chi connectivity index (χ0v) is 13.3. The van der Waals surface area contributed by atoms with E-state index in [0.717, 1.165) is 18.8 Å². The largest absolute Gasteiger partial charge is 0.399 e. The number of amides is 1. The maximum absolute atomic E-state index is 12.3. The van der Waals surface area contributed by atoms with Crippen LogP contribution in [0.25, 0.3) is 0 Å². The Kier molecular flexibility index (Phi) is 4.42. The maximum atomic E-state index is 12.3. The molecule has 1 unspecified atom stereocenters. The van der Waals surface area contributed by atoms with Crippen LogP contribution in [0.5, 0.6) is 0 Å². The first kappa shape index (κ1) is 15.6. The van der Waals surface area contributed by atoms with Crippen LogP contribution < -0.4 is 16.0 Å². The zero-order valence-electron chi connectivity index (χ0n) is 13.3.